The first-order chi connectivity index (χ1) is 9.52. The molecule has 1 fully saturated rings. The number of aromatic nitrogens is 2. The largest absolute Gasteiger partial charge is 0.282 e. The molecule has 0 aromatic carbocycles. The Bertz CT molecular complexity index is 536. The SMILES string of the molecule is CCN(CC)S(=O)(=O)N1CCCC[C@H]1c1[nH]ncc1C. The Balaban J connectivity index is 2.34. The summed E-state index contributed by atoms with van der Waals surface area (Å²) in [6.07, 6.45) is 4.58. The second-order valence-corrected chi connectivity index (χ2v) is 7.06. The van der Waals surface area contributed by atoms with Gasteiger partial charge in [0.25, 0.3) is 10.2 Å². The highest BCUT2D eigenvalue weighted by molar-refractivity contribution is 7.86. The van der Waals surface area contributed by atoms with Crippen LogP contribution in [0.4, 0.5) is 0 Å². The van der Waals surface area contributed by atoms with E-state index in [4.69, 9.17) is 0 Å². The summed E-state index contributed by atoms with van der Waals surface area (Å²) in [5.74, 6) is 0. The number of hydrogen-bond donors (Lipinski definition) is 1. The van der Waals surface area contributed by atoms with E-state index in [1.807, 2.05) is 20.8 Å². The summed E-state index contributed by atoms with van der Waals surface area (Å²) in [6.45, 7) is 7.31. The summed E-state index contributed by atoms with van der Waals surface area (Å²) >= 11 is 0. The Morgan fingerprint density at radius 2 is 2.10 bits per heavy atom. The Kier molecular flexibility index (Phi) is 4.82. The average molecular weight is 300 g/mol. The number of nitrogens with one attached hydrogen (secondary N) is 1. The summed E-state index contributed by atoms with van der Waals surface area (Å²) < 4.78 is 28.7. The lowest BCUT2D eigenvalue weighted by molar-refractivity contribution is 0.231. The molecule has 1 atom stereocenters. The Labute approximate surface area is 121 Å². The quantitative estimate of drug-likeness (QED) is 0.902. The summed E-state index contributed by atoms with van der Waals surface area (Å²) in [5, 5.41) is 7.02. The lowest BCUT2D eigenvalue weighted by atomic mass is 10.00. The van der Waals surface area contributed by atoms with Crippen molar-refractivity contribution in [3.63, 3.8) is 0 Å². The molecule has 0 aliphatic carbocycles. The van der Waals surface area contributed by atoms with Crippen LogP contribution in [0, 0.1) is 6.92 Å². The van der Waals surface area contributed by atoms with Crippen molar-refractivity contribution in [1.29, 1.82) is 0 Å². The summed E-state index contributed by atoms with van der Waals surface area (Å²) in [6, 6.07) is -0.114. The maximum atomic E-state index is 12.8. The monoisotopic (exact) mass is 300 g/mol. The number of hydrogen-bond acceptors (Lipinski definition) is 3. The van der Waals surface area contributed by atoms with Crippen molar-refractivity contribution in [2.75, 3.05) is 19.6 Å². The molecule has 1 aliphatic rings. The number of rotatable bonds is 5. The van der Waals surface area contributed by atoms with E-state index in [1.54, 1.807) is 10.5 Å². The van der Waals surface area contributed by atoms with Crippen molar-refractivity contribution in [1.82, 2.24) is 18.8 Å². The molecule has 2 rings (SSSR count). The molecule has 0 amide bonds. The van der Waals surface area contributed by atoms with Crippen LogP contribution in [-0.4, -0.2) is 46.9 Å². The zero-order valence-corrected chi connectivity index (χ0v) is 13.3. The third-order valence-electron chi connectivity index (χ3n) is 3.98. The highest BCUT2D eigenvalue weighted by Gasteiger charge is 2.37. The van der Waals surface area contributed by atoms with Crippen molar-refractivity contribution in [3.8, 4) is 0 Å². The molecule has 0 radical (unpaired) electrons. The summed E-state index contributed by atoms with van der Waals surface area (Å²) in [4.78, 5) is 0. The first kappa shape index (κ1) is 15.5. The standard InChI is InChI=1S/C13H24N4O2S/c1-4-16(5-2)20(18,19)17-9-7-6-8-12(17)13-11(3)10-14-15-13/h10,12H,4-9H2,1-3H3,(H,14,15)/t12-/m0/s1. The van der Waals surface area contributed by atoms with Crippen LogP contribution in [0.1, 0.15) is 50.4 Å². The van der Waals surface area contributed by atoms with Gasteiger partial charge in [-0.15, -0.1) is 0 Å². The van der Waals surface area contributed by atoms with Gasteiger partial charge in [0, 0.05) is 19.6 Å². The van der Waals surface area contributed by atoms with E-state index in [2.05, 4.69) is 10.2 Å². The molecule has 0 bridgehead atoms. The van der Waals surface area contributed by atoms with E-state index < -0.39 is 10.2 Å². The molecule has 114 valence electrons. The minimum absolute atomic E-state index is 0.114. The van der Waals surface area contributed by atoms with Crippen molar-refractivity contribution < 1.29 is 8.42 Å². The third kappa shape index (κ3) is 2.75. The molecule has 0 spiro atoms. The van der Waals surface area contributed by atoms with Gasteiger partial charge in [-0.1, -0.05) is 20.3 Å². The number of aromatic amines is 1. The predicted molar refractivity (Wildman–Crippen MR) is 78.5 cm³/mol. The minimum atomic E-state index is -3.40. The molecular formula is C13H24N4O2S. The molecule has 0 saturated carbocycles. The van der Waals surface area contributed by atoms with Crippen LogP contribution in [0.5, 0.6) is 0 Å². The van der Waals surface area contributed by atoms with Crippen molar-refractivity contribution >= 4 is 10.2 Å². The van der Waals surface area contributed by atoms with Gasteiger partial charge < -0.3 is 0 Å². The number of H-pyrrole nitrogens is 1. The third-order valence-corrected chi connectivity index (χ3v) is 6.18. The number of aryl methyl sites for hydroxylation is 1. The molecule has 20 heavy (non-hydrogen) atoms. The van der Waals surface area contributed by atoms with Crippen molar-refractivity contribution in [2.45, 2.75) is 46.1 Å². The van der Waals surface area contributed by atoms with E-state index in [0.29, 0.717) is 19.6 Å². The normalized spacial score (nSPS) is 21.5. The molecule has 1 aromatic rings. The smallest absolute Gasteiger partial charge is 0.281 e. The van der Waals surface area contributed by atoms with Crippen LogP contribution in [0.3, 0.4) is 0 Å². The van der Waals surface area contributed by atoms with E-state index in [9.17, 15) is 8.42 Å². The highest BCUT2D eigenvalue weighted by atomic mass is 32.2. The van der Waals surface area contributed by atoms with Gasteiger partial charge in [-0.25, -0.2) is 0 Å². The van der Waals surface area contributed by atoms with Gasteiger partial charge in [-0.05, 0) is 25.3 Å². The molecule has 1 N–H and O–H groups in total. The van der Waals surface area contributed by atoms with E-state index in [1.165, 1.54) is 4.31 Å². The zero-order chi connectivity index (χ0) is 14.8. The molecule has 1 aromatic heterocycles. The minimum Gasteiger partial charge on any atom is -0.281 e. The molecule has 6 nitrogen and oxygen atoms in total. The van der Waals surface area contributed by atoms with Crippen molar-refractivity contribution in [2.24, 2.45) is 0 Å². The maximum Gasteiger partial charge on any atom is 0.282 e. The Morgan fingerprint density at radius 3 is 2.65 bits per heavy atom. The van der Waals surface area contributed by atoms with E-state index in [0.717, 1.165) is 30.5 Å². The van der Waals surface area contributed by atoms with Crippen molar-refractivity contribution in [3.05, 3.63) is 17.5 Å². The van der Waals surface area contributed by atoms with Gasteiger partial charge in [0.1, 0.15) is 0 Å². The van der Waals surface area contributed by atoms with Gasteiger partial charge >= 0.3 is 0 Å². The lowest BCUT2D eigenvalue weighted by Crippen LogP contribution is -2.47. The van der Waals surface area contributed by atoms with Crippen LogP contribution in [-0.2, 0) is 10.2 Å². The van der Waals surface area contributed by atoms with Crippen LogP contribution in [0.2, 0.25) is 0 Å². The van der Waals surface area contributed by atoms with Crippen LogP contribution >= 0.6 is 0 Å². The fourth-order valence-corrected chi connectivity index (χ4v) is 4.70. The van der Waals surface area contributed by atoms with Gasteiger partial charge in [-0.2, -0.15) is 22.1 Å². The first-order valence-electron chi connectivity index (χ1n) is 7.29. The van der Waals surface area contributed by atoms with Crippen LogP contribution in [0.25, 0.3) is 0 Å². The second kappa shape index (κ2) is 6.24. The van der Waals surface area contributed by atoms with Gasteiger partial charge in [0.2, 0.25) is 0 Å². The van der Waals surface area contributed by atoms with Gasteiger partial charge in [-0.3, -0.25) is 5.10 Å². The molecule has 0 unspecified atom stereocenters. The highest BCUT2D eigenvalue weighted by Crippen LogP contribution is 2.34. The topological polar surface area (TPSA) is 69.3 Å². The lowest BCUT2D eigenvalue weighted by Gasteiger charge is -2.37. The van der Waals surface area contributed by atoms with E-state index >= 15 is 0 Å². The summed E-state index contributed by atoms with van der Waals surface area (Å²) in [5.41, 5.74) is 1.96. The average Bonchev–Trinajstić information content (AvgIpc) is 2.86. The Morgan fingerprint density at radius 1 is 1.40 bits per heavy atom. The first-order valence-corrected chi connectivity index (χ1v) is 8.68. The Hall–Kier alpha value is -0.920. The maximum absolute atomic E-state index is 12.8. The van der Waals surface area contributed by atoms with Gasteiger partial charge in [0.15, 0.2) is 0 Å². The molecular weight excluding hydrogens is 276 g/mol. The number of nitrogens with zero attached hydrogens (tertiary/aromatic N) is 3. The summed E-state index contributed by atoms with van der Waals surface area (Å²) in [7, 11) is -3.40. The predicted octanol–water partition coefficient (Wildman–Crippen LogP) is 1.83. The fourth-order valence-electron chi connectivity index (χ4n) is 2.86. The zero-order valence-electron chi connectivity index (χ0n) is 12.5. The second-order valence-electron chi connectivity index (χ2n) is 5.18. The van der Waals surface area contributed by atoms with E-state index in [-0.39, 0.29) is 6.04 Å². The van der Waals surface area contributed by atoms with Crippen LogP contribution < -0.4 is 0 Å². The van der Waals surface area contributed by atoms with Gasteiger partial charge in [0.05, 0.1) is 17.9 Å². The molecule has 1 saturated heterocycles. The van der Waals surface area contributed by atoms with Crippen LogP contribution in [0.15, 0.2) is 6.20 Å². The number of piperidine rings is 1. The molecule has 1 aliphatic heterocycles. The molecule has 7 heteroatoms. The molecule has 2 heterocycles. The fraction of sp³-hybridized carbons (Fsp3) is 0.769.